The average Bonchev–Trinajstić information content (AvgIpc) is 2.76. The van der Waals surface area contributed by atoms with E-state index in [1.807, 2.05) is 0 Å². The highest BCUT2D eigenvalue weighted by Gasteiger charge is 2.21. The van der Waals surface area contributed by atoms with E-state index in [0.717, 1.165) is 31.2 Å². The van der Waals surface area contributed by atoms with Crippen LogP contribution in [-0.2, 0) is 17.6 Å². The quantitative estimate of drug-likeness (QED) is 0.702. The lowest BCUT2D eigenvalue weighted by atomic mass is 9.96. The van der Waals surface area contributed by atoms with Crippen LogP contribution in [0.2, 0.25) is 0 Å². The predicted molar refractivity (Wildman–Crippen MR) is 74.3 cm³/mol. The van der Waals surface area contributed by atoms with Crippen molar-refractivity contribution < 1.29 is 9.90 Å². The Morgan fingerprint density at radius 3 is 2.95 bits per heavy atom. The molecule has 2 rings (SSSR count). The average molecular weight is 279 g/mol. The van der Waals surface area contributed by atoms with Gasteiger partial charge in [0.05, 0.1) is 18.7 Å². The van der Waals surface area contributed by atoms with Gasteiger partial charge in [-0.1, -0.05) is 0 Å². The zero-order valence-electron chi connectivity index (χ0n) is 10.7. The molecule has 0 fully saturated rings. The van der Waals surface area contributed by atoms with E-state index in [2.05, 4.69) is 16.7 Å². The van der Waals surface area contributed by atoms with Gasteiger partial charge in [0.1, 0.15) is 11.1 Å². The Balaban J connectivity index is 2.06. The van der Waals surface area contributed by atoms with Gasteiger partial charge in [-0.3, -0.25) is 4.79 Å². The summed E-state index contributed by atoms with van der Waals surface area (Å²) >= 11 is 1.52. The highest BCUT2D eigenvalue weighted by atomic mass is 32.1. The minimum atomic E-state index is -0.177. The fraction of sp³-hybridized carbons (Fsp3) is 0.538. The number of nitrogens with zero attached hydrogens (tertiary/aromatic N) is 1. The molecule has 19 heavy (non-hydrogen) atoms. The third kappa shape index (κ3) is 3.32. The van der Waals surface area contributed by atoms with E-state index in [4.69, 9.17) is 5.11 Å². The van der Waals surface area contributed by atoms with E-state index in [1.54, 1.807) is 0 Å². The van der Waals surface area contributed by atoms with E-state index < -0.39 is 0 Å². The third-order valence-corrected chi connectivity index (χ3v) is 4.32. The van der Waals surface area contributed by atoms with Crippen molar-refractivity contribution in [3.8, 4) is 6.07 Å². The normalized spacial score (nSPS) is 13.7. The van der Waals surface area contributed by atoms with Crippen LogP contribution in [0.3, 0.4) is 0 Å². The van der Waals surface area contributed by atoms with Crippen LogP contribution in [-0.4, -0.2) is 30.7 Å². The molecule has 1 aromatic heterocycles. The smallest absolute Gasteiger partial charge is 0.238 e. The number of aliphatic hydroxyl groups is 1. The molecule has 1 aliphatic rings. The van der Waals surface area contributed by atoms with Gasteiger partial charge in [-0.25, -0.2) is 0 Å². The second-order valence-corrected chi connectivity index (χ2v) is 5.58. The van der Waals surface area contributed by atoms with E-state index >= 15 is 0 Å². The molecule has 102 valence electrons. The molecule has 0 aliphatic heterocycles. The number of aliphatic hydroxyl groups excluding tert-OH is 1. The van der Waals surface area contributed by atoms with Crippen LogP contribution < -0.4 is 10.6 Å². The second kappa shape index (κ2) is 6.66. The molecule has 0 aromatic carbocycles. The van der Waals surface area contributed by atoms with Crippen molar-refractivity contribution in [3.63, 3.8) is 0 Å². The minimum absolute atomic E-state index is 0.00399. The number of anilines is 1. The topological polar surface area (TPSA) is 85.2 Å². The molecule has 1 aromatic rings. The molecular formula is C13H17N3O2S. The Morgan fingerprint density at radius 2 is 2.21 bits per heavy atom. The monoisotopic (exact) mass is 279 g/mol. The first kappa shape index (κ1) is 14.0. The Labute approximate surface area is 116 Å². The number of aryl methyl sites for hydroxylation is 1. The predicted octanol–water partition coefficient (Wildman–Crippen LogP) is 1.02. The van der Waals surface area contributed by atoms with Crippen LogP contribution in [0.4, 0.5) is 5.00 Å². The van der Waals surface area contributed by atoms with Crippen LogP contribution in [0.15, 0.2) is 0 Å². The van der Waals surface area contributed by atoms with Gasteiger partial charge in [-0.2, -0.15) is 5.26 Å². The SMILES string of the molecule is N#Cc1c(NC(=O)CNCCO)sc2c1CCCC2. The van der Waals surface area contributed by atoms with Crippen molar-refractivity contribution in [2.24, 2.45) is 0 Å². The molecule has 1 heterocycles. The Kier molecular flexibility index (Phi) is 4.91. The standard InChI is InChI=1S/C13H17N3O2S/c14-7-10-9-3-1-2-4-11(9)19-13(10)16-12(18)8-15-5-6-17/h15,17H,1-6,8H2,(H,16,18). The highest BCUT2D eigenvalue weighted by molar-refractivity contribution is 7.16. The van der Waals surface area contributed by atoms with Gasteiger partial charge in [-0.05, 0) is 31.2 Å². The van der Waals surface area contributed by atoms with Gasteiger partial charge in [-0.15, -0.1) is 11.3 Å². The fourth-order valence-electron chi connectivity index (χ4n) is 2.22. The number of hydrogen-bond donors (Lipinski definition) is 3. The summed E-state index contributed by atoms with van der Waals surface area (Å²) in [7, 11) is 0. The molecule has 0 atom stereocenters. The summed E-state index contributed by atoms with van der Waals surface area (Å²) in [5.41, 5.74) is 1.76. The van der Waals surface area contributed by atoms with Gasteiger partial charge in [0.25, 0.3) is 0 Å². The molecule has 0 radical (unpaired) electrons. The first-order valence-corrected chi connectivity index (χ1v) is 7.24. The van der Waals surface area contributed by atoms with Gasteiger partial charge >= 0.3 is 0 Å². The maximum Gasteiger partial charge on any atom is 0.238 e. The Morgan fingerprint density at radius 1 is 1.42 bits per heavy atom. The van der Waals surface area contributed by atoms with Gasteiger partial charge in [0.2, 0.25) is 5.91 Å². The van der Waals surface area contributed by atoms with E-state index in [9.17, 15) is 10.1 Å². The molecule has 6 heteroatoms. The molecule has 5 nitrogen and oxygen atoms in total. The number of nitrogens with one attached hydrogen (secondary N) is 2. The first-order valence-electron chi connectivity index (χ1n) is 6.42. The minimum Gasteiger partial charge on any atom is -0.395 e. The number of nitriles is 1. The summed E-state index contributed by atoms with van der Waals surface area (Å²) in [4.78, 5) is 12.9. The molecule has 0 spiro atoms. The van der Waals surface area contributed by atoms with Gasteiger partial charge in [0.15, 0.2) is 0 Å². The van der Waals surface area contributed by atoms with Gasteiger partial charge in [0, 0.05) is 11.4 Å². The largest absolute Gasteiger partial charge is 0.395 e. The van der Waals surface area contributed by atoms with Crippen molar-refractivity contribution >= 4 is 22.2 Å². The second-order valence-electron chi connectivity index (χ2n) is 4.48. The highest BCUT2D eigenvalue weighted by Crippen LogP contribution is 2.37. The lowest BCUT2D eigenvalue weighted by molar-refractivity contribution is -0.115. The fourth-order valence-corrected chi connectivity index (χ4v) is 3.48. The molecule has 1 amide bonds. The number of carbonyl (C=O) groups excluding carboxylic acids is 1. The van der Waals surface area contributed by atoms with Crippen LogP contribution in [0.5, 0.6) is 0 Å². The van der Waals surface area contributed by atoms with E-state index in [-0.39, 0.29) is 19.1 Å². The molecule has 3 N–H and O–H groups in total. The van der Waals surface area contributed by atoms with Crippen LogP contribution in [0.1, 0.15) is 28.8 Å². The first-order chi connectivity index (χ1) is 9.26. The lowest BCUT2D eigenvalue weighted by Crippen LogP contribution is -2.29. The maximum atomic E-state index is 11.7. The van der Waals surface area contributed by atoms with Crippen LogP contribution >= 0.6 is 11.3 Å². The zero-order valence-corrected chi connectivity index (χ0v) is 11.5. The van der Waals surface area contributed by atoms with Crippen LogP contribution in [0, 0.1) is 11.3 Å². The summed E-state index contributed by atoms with van der Waals surface area (Å²) in [5.74, 6) is -0.177. The maximum absolute atomic E-state index is 11.7. The van der Waals surface area contributed by atoms with Crippen molar-refractivity contribution in [3.05, 3.63) is 16.0 Å². The summed E-state index contributed by atoms with van der Waals surface area (Å²) < 4.78 is 0. The summed E-state index contributed by atoms with van der Waals surface area (Å²) in [6.45, 7) is 0.539. The molecule has 0 saturated carbocycles. The Bertz CT molecular complexity index is 505. The number of rotatable bonds is 5. The number of amides is 1. The van der Waals surface area contributed by atoms with E-state index in [0.29, 0.717) is 17.1 Å². The summed E-state index contributed by atoms with van der Waals surface area (Å²) in [5, 5.41) is 24.1. The van der Waals surface area contributed by atoms with Crippen LogP contribution in [0.25, 0.3) is 0 Å². The van der Waals surface area contributed by atoms with Gasteiger partial charge < -0.3 is 15.7 Å². The summed E-state index contributed by atoms with van der Waals surface area (Å²) in [6, 6.07) is 2.21. The number of thiophene rings is 1. The molecule has 1 aliphatic carbocycles. The number of fused-ring (bicyclic) bond motifs is 1. The Hall–Kier alpha value is -1.42. The third-order valence-electron chi connectivity index (χ3n) is 3.11. The van der Waals surface area contributed by atoms with Crippen molar-refractivity contribution in [1.82, 2.24) is 5.32 Å². The number of hydrogen-bond acceptors (Lipinski definition) is 5. The van der Waals surface area contributed by atoms with E-state index in [1.165, 1.54) is 16.2 Å². The molecule has 0 saturated heterocycles. The van der Waals surface area contributed by atoms with Crippen molar-refractivity contribution in [2.45, 2.75) is 25.7 Å². The summed E-state index contributed by atoms with van der Waals surface area (Å²) in [6.07, 6.45) is 4.22. The van der Waals surface area contributed by atoms with Crippen molar-refractivity contribution in [1.29, 1.82) is 5.26 Å². The molecule has 0 unspecified atom stereocenters. The zero-order chi connectivity index (χ0) is 13.7. The lowest BCUT2D eigenvalue weighted by Gasteiger charge is -2.09. The van der Waals surface area contributed by atoms with Crippen molar-refractivity contribution in [2.75, 3.05) is 25.0 Å². The molecular weight excluding hydrogens is 262 g/mol. The molecule has 0 bridgehead atoms. The number of carbonyl (C=O) groups is 1.